The van der Waals surface area contributed by atoms with Gasteiger partial charge in [0.05, 0.1) is 0 Å². The molecule has 1 rings (SSSR count). The molecule has 0 aliphatic heterocycles. The Morgan fingerprint density at radius 1 is 1.59 bits per heavy atom. The van der Waals surface area contributed by atoms with E-state index in [1.54, 1.807) is 22.8 Å². The number of ether oxygens (including phenoxy) is 1. The second-order valence-corrected chi connectivity index (χ2v) is 5.25. The van der Waals surface area contributed by atoms with Crippen molar-refractivity contribution in [2.24, 2.45) is 7.05 Å². The first kappa shape index (κ1) is 14.5. The van der Waals surface area contributed by atoms with Gasteiger partial charge in [-0.05, 0) is 19.9 Å². The van der Waals surface area contributed by atoms with Crippen molar-refractivity contribution in [1.82, 2.24) is 20.1 Å². The van der Waals surface area contributed by atoms with E-state index in [0.717, 1.165) is 37.9 Å². The van der Waals surface area contributed by atoms with Gasteiger partial charge in [0.15, 0.2) is 5.16 Å². The molecule has 17 heavy (non-hydrogen) atoms. The summed E-state index contributed by atoms with van der Waals surface area (Å²) in [7, 11) is 1.91. The van der Waals surface area contributed by atoms with Crippen LogP contribution in [0.15, 0.2) is 11.5 Å². The Bertz CT molecular complexity index is 305. The van der Waals surface area contributed by atoms with Crippen molar-refractivity contribution >= 4 is 11.8 Å². The summed E-state index contributed by atoms with van der Waals surface area (Å²) in [5, 5.41) is 8.92. The van der Waals surface area contributed by atoms with Gasteiger partial charge in [-0.2, -0.15) is 5.10 Å². The highest BCUT2D eigenvalue weighted by atomic mass is 32.2. The van der Waals surface area contributed by atoms with E-state index < -0.39 is 0 Å². The Morgan fingerprint density at radius 3 is 3.06 bits per heavy atom. The van der Waals surface area contributed by atoms with Crippen molar-refractivity contribution in [3.05, 3.63) is 6.33 Å². The summed E-state index contributed by atoms with van der Waals surface area (Å²) < 4.78 is 7.08. The Labute approximate surface area is 107 Å². The maximum Gasteiger partial charge on any atom is 0.186 e. The third kappa shape index (κ3) is 6.05. The Kier molecular flexibility index (Phi) is 7.23. The second kappa shape index (κ2) is 8.49. The predicted molar refractivity (Wildman–Crippen MR) is 70.3 cm³/mol. The number of hydrogen-bond donors (Lipinski definition) is 1. The second-order valence-electron chi connectivity index (χ2n) is 3.85. The van der Waals surface area contributed by atoms with Gasteiger partial charge in [0.2, 0.25) is 0 Å². The average Bonchev–Trinajstić information content (AvgIpc) is 2.69. The summed E-state index contributed by atoms with van der Waals surface area (Å²) in [5.41, 5.74) is 0. The van der Waals surface area contributed by atoms with E-state index in [1.165, 1.54) is 0 Å². The Morgan fingerprint density at radius 2 is 2.41 bits per heavy atom. The van der Waals surface area contributed by atoms with Gasteiger partial charge in [0.1, 0.15) is 6.33 Å². The number of aromatic nitrogens is 3. The minimum Gasteiger partial charge on any atom is -0.382 e. The molecule has 1 unspecified atom stereocenters. The van der Waals surface area contributed by atoms with E-state index in [2.05, 4.69) is 22.3 Å². The number of aryl methyl sites for hydroxylation is 1. The van der Waals surface area contributed by atoms with Crippen LogP contribution in [0.4, 0.5) is 0 Å². The third-order valence-corrected chi connectivity index (χ3v) is 3.40. The molecule has 0 aliphatic rings. The molecule has 1 heterocycles. The van der Waals surface area contributed by atoms with Crippen LogP contribution in [0.3, 0.4) is 0 Å². The van der Waals surface area contributed by atoms with E-state index in [-0.39, 0.29) is 0 Å². The SMILES string of the molecule is CCOCCCNCC(C)Sc1ncnn1C. The highest BCUT2D eigenvalue weighted by Crippen LogP contribution is 2.18. The van der Waals surface area contributed by atoms with Gasteiger partial charge < -0.3 is 10.1 Å². The van der Waals surface area contributed by atoms with Gasteiger partial charge in [-0.25, -0.2) is 9.67 Å². The summed E-state index contributed by atoms with van der Waals surface area (Å²) in [5.74, 6) is 0. The van der Waals surface area contributed by atoms with E-state index in [1.807, 2.05) is 14.0 Å². The molecule has 0 saturated heterocycles. The molecular weight excluding hydrogens is 236 g/mol. The molecule has 1 atom stereocenters. The highest BCUT2D eigenvalue weighted by Gasteiger charge is 2.07. The van der Waals surface area contributed by atoms with Crippen LogP contribution in [0, 0.1) is 0 Å². The molecule has 98 valence electrons. The van der Waals surface area contributed by atoms with E-state index in [4.69, 9.17) is 4.74 Å². The fourth-order valence-electron chi connectivity index (χ4n) is 1.36. The molecule has 6 heteroatoms. The lowest BCUT2D eigenvalue weighted by atomic mass is 10.4. The van der Waals surface area contributed by atoms with Gasteiger partial charge >= 0.3 is 0 Å². The smallest absolute Gasteiger partial charge is 0.186 e. The topological polar surface area (TPSA) is 52.0 Å². The molecule has 0 fully saturated rings. The number of hydrogen-bond acceptors (Lipinski definition) is 5. The van der Waals surface area contributed by atoms with E-state index in [0.29, 0.717) is 5.25 Å². The quantitative estimate of drug-likeness (QED) is 0.535. The standard InChI is InChI=1S/C11H22N4OS/c1-4-16-7-5-6-12-8-10(2)17-11-13-9-14-15(11)3/h9-10,12H,4-8H2,1-3H3. The van der Waals surface area contributed by atoms with Crippen molar-refractivity contribution in [3.8, 4) is 0 Å². The van der Waals surface area contributed by atoms with Crippen molar-refractivity contribution < 1.29 is 4.74 Å². The van der Waals surface area contributed by atoms with Gasteiger partial charge in [-0.3, -0.25) is 0 Å². The minimum atomic E-state index is 0.491. The molecular formula is C11H22N4OS. The van der Waals surface area contributed by atoms with Crippen LogP contribution in [0.25, 0.3) is 0 Å². The van der Waals surface area contributed by atoms with Crippen molar-refractivity contribution in [2.75, 3.05) is 26.3 Å². The first-order chi connectivity index (χ1) is 8.24. The summed E-state index contributed by atoms with van der Waals surface area (Å²) in [4.78, 5) is 4.19. The molecule has 5 nitrogen and oxygen atoms in total. The van der Waals surface area contributed by atoms with Crippen LogP contribution in [0.2, 0.25) is 0 Å². The van der Waals surface area contributed by atoms with Gasteiger partial charge in [-0.1, -0.05) is 18.7 Å². The van der Waals surface area contributed by atoms with Gasteiger partial charge in [0, 0.05) is 32.1 Å². The number of thioether (sulfide) groups is 1. The van der Waals surface area contributed by atoms with Crippen LogP contribution in [0.5, 0.6) is 0 Å². The zero-order valence-electron chi connectivity index (χ0n) is 10.8. The molecule has 1 N–H and O–H groups in total. The molecule has 0 aliphatic carbocycles. The molecule has 0 aromatic carbocycles. The molecule has 0 radical (unpaired) electrons. The van der Waals surface area contributed by atoms with Gasteiger partial charge in [-0.15, -0.1) is 0 Å². The first-order valence-electron chi connectivity index (χ1n) is 6.03. The normalized spacial score (nSPS) is 12.9. The molecule has 0 spiro atoms. The largest absolute Gasteiger partial charge is 0.382 e. The fourth-order valence-corrected chi connectivity index (χ4v) is 2.23. The van der Waals surface area contributed by atoms with Crippen LogP contribution in [-0.4, -0.2) is 46.3 Å². The van der Waals surface area contributed by atoms with Crippen LogP contribution < -0.4 is 5.32 Å². The number of rotatable bonds is 9. The Hall–Kier alpha value is -0.590. The Balaban J connectivity index is 2.05. The summed E-state index contributed by atoms with van der Waals surface area (Å²) in [6.07, 6.45) is 2.65. The molecule has 0 amide bonds. The van der Waals surface area contributed by atoms with Crippen LogP contribution in [0.1, 0.15) is 20.3 Å². The van der Waals surface area contributed by atoms with Crippen molar-refractivity contribution in [1.29, 1.82) is 0 Å². The summed E-state index contributed by atoms with van der Waals surface area (Å²) in [6, 6.07) is 0. The zero-order valence-corrected chi connectivity index (χ0v) is 11.7. The average molecular weight is 258 g/mol. The highest BCUT2D eigenvalue weighted by molar-refractivity contribution is 7.99. The summed E-state index contributed by atoms with van der Waals surface area (Å²) >= 11 is 1.74. The minimum absolute atomic E-state index is 0.491. The third-order valence-electron chi connectivity index (χ3n) is 2.25. The lowest BCUT2D eigenvalue weighted by Gasteiger charge is -2.11. The molecule has 1 aromatic rings. The lowest BCUT2D eigenvalue weighted by molar-refractivity contribution is 0.145. The maximum absolute atomic E-state index is 5.27. The molecule has 0 bridgehead atoms. The predicted octanol–water partition coefficient (Wildman–Crippen LogP) is 1.31. The molecule has 1 aromatic heterocycles. The summed E-state index contributed by atoms with van der Waals surface area (Å²) in [6.45, 7) is 7.84. The first-order valence-corrected chi connectivity index (χ1v) is 6.91. The number of nitrogens with one attached hydrogen (secondary N) is 1. The number of nitrogens with zero attached hydrogens (tertiary/aromatic N) is 3. The molecule has 0 saturated carbocycles. The fraction of sp³-hybridized carbons (Fsp3) is 0.818. The van der Waals surface area contributed by atoms with E-state index >= 15 is 0 Å². The van der Waals surface area contributed by atoms with Gasteiger partial charge in [0.25, 0.3) is 0 Å². The van der Waals surface area contributed by atoms with Crippen LogP contribution >= 0.6 is 11.8 Å². The maximum atomic E-state index is 5.27. The monoisotopic (exact) mass is 258 g/mol. The van der Waals surface area contributed by atoms with Crippen molar-refractivity contribution in [3.63, 3.8) is 0 Å². The van der Waals surface area contributed by atoms with E-state index in [9.17, 15) is 0 Å². The zero-order chi connectivity index (χ0) is 12.5. The lowest BCUT2D eigenvalue weighted by Crippen LogP contribution is -2.24. The van der Waals surface area contributed by atoms with Crippen molar-refractivity contribution in [2.45, 2.75) is 30.7 Å². The van der Waals surface area contributed by atoms with Crippen LogP contribution in [-0.2, 0) is 11.8 Å².